The number of nitrogens with zero attached hydrogens (tertiary/aromatic N) is 3. The lowest BCUT2D eigenvalue weighted by Gasteiger charge is -2.30. The summed E-state index contributed by atoms with van der Waals surface area (Å²) in [5.74, 6) is 0.686. The molecule has 0 saturated carbocycles. The molecule has 0 radical (unpaired) electrons. The molecule has 1 aliphatic heterocycles. The summed E-state index contributed by atoms with van der Waals surface area (Å²) in [4.78, 5) is 14.6. The monoisotopic (exact) mass is 323 g/mol. The average Bonchev–Trinajstić information content (AvgIpc) is 3.00. The Labute approximate surface area is 138 Å². The quantitative estimate of drug-likeness (QED) is 0.786. The Morgan fingerprint density at radius 3 is 3.00 bits per heavy atom. The van der Waals surface area contributed by atoms with Crippen LogP contribution in [-0.2, 0) is 9.53 Å². The van der Waals surface area contributed by atoms with Crippen LogP contribution in [0.1, 0.15) is 33.2 Å². The maximum Gasteiger partial charge on any atom is 0.242 e. The number of hydrogen-bond acceptors (Lipinski definition) is 5. The van der Waals surface area contributed by atoms with Gasteiger partial charge in [-0.3, -0.25) is 4.79 Å². The van der Waals surface area contributed by atoms with Crippen LogP contribution in [0.5, 0.6) is 0 Å². The summed E-state index contributed by atoms with van der Waals surface area (Å²) in [6.45, 7) is 9.33. The normalized spacial score (nSPS) is 21.8. The molecule has 7 heteroatoms. The molecule has 1 aromatic rings. The van der Waals surface area contributed by atoms with E-state index in [0.29, 0.717) is 6.54 Å². The fourth-order valence-corrected chi connectivity index (χ4v) is 2.56. The number of rotatable bonds is 7. The zero-order valence-corrected chi connectivity index (χ0v) is 14.6. The Morgan fingerprint density at radius 2 is 2.30 bits per heavy atom. The molecule has 0 bridgehead atoms. The van der Waals surface area contributed by atoms with Crippen LogP contribution in [0, 0.1) is 0 Å². The third-order valence-corrected chi connectivity index (χ3v) is 4.32. The lowest BCUT2D eigenvalue weighted by Crippen LogP contribution is -2.48. The summed E-state index contributed by atoms with van der Waals surface area (Å²) in [5, 5.41) is 10.5. The molecule has 2 N–H and O–H groups in total. The highest BCUT2D eigenvalue weighted by Crippen LogP contribution is 2.16. The number of likely N-dealkylation sites (N-methyl/N-ethyl adjacent to an activating group) is 1. The second-order valence-electron chi connectivity index (χ2n) is 6.29. The van der Waals surface area contributed by atoms with Gasteiger partial charge in [-0.15, -0.1) is 0 Å². The highest BCUT2D eigenvalue weighted by atomic mass is 16.5. The molecular formula is C16H29N5O2. The van der Waals surface area contributed by atoms with E-state index in [1.54, 1.807) is 6.20 Å². The van der Waals surface area contributed by atoms with E-state index in [9.17, 15) is 4.79 Å². The van der Waals surface area contributed by atoms with Gasteiger partial charge < -0.3 is 20.3 Å². The summed E-state index contributed by atoms with van der Waals surface area (Å²) >= 11 is 0. The molecule has 0 aromatic carbocycles. The fraction of sp³-hybridized carbons (Fsp3) is 0.750. The molecular weight excluding hydrogens is 294 g/mol. The molecule has 2 heterocycles. The van der Waals surface area contributed by atoms with Gasteiger partial charge in [0.25, 0.3) is 0 Å². The predicted octanol–water partition coefficient (Wildman–Crippen LogP) is 1.10. The number of ether oxygens (including phenoxy) is 1. The summed E-state index contributed by atoms with van der Waals surface area (Å²) in [6.07, 6.45) is 2.81. The molecule has 3 unspecified atom stereocenters. The van der Waals surface area contributed by atoms with Crippen molar-refractivity contribution in [2.45, 2.75) is 45.4 Å². The van der Waals surface area contributed by atoms with Crippen molar-refractivity contribution in [3.63, 3.8) is 0 Å². The highest BCUT2D eigenvalue weighted by molar-refractivity contribution is 5.93. The number of aromatic nitrogens is 2. The molecule has 2 rings (SSSR count). The van der Waals surface area contributed by atoms with Gasteiger partial charge in [0.2, 0.25) is 5.91 Å². The van der Waals surface area contributed by atoms with Crippen LogP contribution >= 0.6 is 0 Å². The molecule has 130 valence electrons. The van der Waals surface area contributed by atoms with Crippen molar-refractivity contribution in [1.82, 2.24) is 20.0 Å². The molecule has 1 aromatic heterocycles. The first-order valence-electron chi connectivity index (χ1n) is 8.39. The van der Waals surface area contributed by atoms with E-state index in [2.05, 4.69) is 41.5 Å². The van der Waals surface area contributed by atoms with Crippen LogP contribution in [-0.4, -0.2) is 66.0 Å². The van der Waals surface area contributed by atoms with Crippen molar-refractivity contribution in [2.75, 3.05) is 38.6 Å². The maximum absolute atomic E-state index is 12.3. The van der Waals surface area contributed by atoms with Crippen LogP contribution in [0.25, 0.3) is 0 Å². The van der Waals surface area contributed by atoms with Gasteiger partial charge in [0.05, 0.1) is 31.0 Å². The van der Waals surface area contributed by atoms with Crippen molar-refractivity contribution >= 4 is 11.7 Å². The Bertz CT molecular complexity index is 504. The van der Waals surface area contributed by atoms with Crippen LogP contribution < -0.4 is 10.6 Å². The van der Waals surface area contributed by atoms with Gasteiger partial charge in [0, 0.05) is 25.7 Å². The molecule has 0 spiro atoms. The zero-order chi connectivity index (χ0) is 16.8. The molecule has 0 aliphatic carbocycles. The minimum absolute atomic E-state index is 0.0563. The minimum Gasteiger partial charge on any atom is -0.374 e. The van der Waals surface area contributed by atoms with Gasteiger partial charge >= 0.3 is 0 Å². The van der Waals surface area contributed by atoms with Crippen LogP contribution in [0.2, 0.25) is 0 Å². The van der Waals surface area contributed by atoms with Gasteiger partial charge in [0.15, 0.2) is 0 Å². The van der Waals surface area contributed by atoms with E-state index >= 15 is 0 Å². The van der Waals surface area contributed by atoms with Crippen molar-refractivity contribution in [2.24, 2.45) is 0 Å². The molecule has 1 saturated heterocycles. The predicted molar refractivity (Wildman–Crippen MR) is 90.6 cm³/mol. The largest absolute Gasteiger partial charge is 0.374 e. The number of nitrogens with one attached hydrogen (secondary N) is 2. The number of carbonyl (C=O) groups excluding carboxylic acids is 1. The van der Waals surface area contributed by atoms with Gasteiger partial charge in [-0.2, -0.15) is 5.10 Å². The number of anilines is 1. The highest BCUT2D eigenvalue weighted by Gasteiger charge is 2.21. The Hall–Kier alpha value is -1.44. The maximum atomic E-state index is 12.3. The average molecular weight is 323 g/mol. The lowest BCUT2D eigenvalue weighted by molar-refractivity contribution is -0.118. The first-order chi connectivity index (χ1) is 11.0. The van der Waals surface area contributed by atoms with Crippen molar-refractivity contribution in [3.8, 4) is 0 Å². The van der Waals surface area contributed by atoms with Crippen molar-refractivity contribution in [1.29, 1.82) is 0 Å². The van der Waals surface area contributed by atoms with E-state index < -0.39 is 0 Å². The second-order valence-corrected chi connectivity index (χ2v) is 6.29. The summed E-state index contributed by atoms with van der Waals surface area (Å²) in [7, 11) is 2.09. The van der Waals surface area contributed by atoms with Gasteiger partial charge in [-0.25, -0.2) is 4.68 Å². The summed E-state index contributed by atoms with van der Waals surface area (Å²) < 4.78 is 7.55. The SMILES string of the molecule is CCC(C)n1nccc1NC(=O)C(C)NCC1CN(C)CCO1. The Balaban J connectivity index is 1.82. The van der Waals surface area contributed by atoms with E-state index in [1.165, 1.54) is 0 Å². The molecule has 23 heavy (non-hydrogen) atoms. The van der Waals surface area contributed by atoms with E-state index in [0.717, 1.165) is 31.9 Å². The molecule has 1 fully saturated rings. The first kappa shape index (κ1) is 17.9. The van der Waals surface area contributed by atoms with E-state index in [4.69, 9.17) is 4.74 Å². The van der Waals surface area contributed by atoms with Gasteiger partial charge in [-0.1, -0.05) is 6.92 Å². The minimum atomic E-state index is -0.286. The number of amides is 1. The molecule has 3 atom stereocenters. The summed E-state index contributed by atoms with van der Waals surface area (Å²) in [5.41, 5.74) is 0. The lowest BCUT2D eigenvalue weighted by atomic mass is 10.2. The smallest absolute Gasteiger partial charge is 0.242 e. The molecule has 1 aliphatic rings. The van der Waals surface area contributed by atoms with E-state index in [-0.39, 0.29) is 24.1 Å². The van der Waals surface area contributed by atoms with Crippen molar-refractivity contribution < 1.29 is 9.53 Å². The standard InChI is InChI=1S/C16H29N5O2/c1-5-12(2)21-15(6-7-18-21)19-16(22)13(3)17-10-14-11-20(4)8-9-23-14/h6-7,12-14,17H,5,8-11H2,1-4H3,(H,19,22). The summed E-state index contributed by atoms with van der Waals surface area (Å²) in [6, 6.07) is 1.80. The second kappa shape index (κ2) is 8.42. The van der Waals surface area contributed by atoms with E-state index in [1.807, 2.05) is 17.7 Å². The number of hydrogen-bond donors (Lipinski definition) is 2. The third-order valence-electron chi connectivity index (χ3n) is 4.32. The van der Waals surface area contributed by atoms with Crippen molar-refractivity contribution in [3.05, 3.63) is 12.3 Å². The molecule has 7 nitrogen and oxygen atoms in total. The van der Waals surface area contributed by atoms with Crippen LogP contribution in [0.15, 0.2) is 12.3 Å². The first-order valence-corrected chi connectivity index (χ1v) is 8.39. The fourth-order valence-electron chi connectivity index (χ4n) is 2.56. The third kappa shape index (κ3) is 5.02. The zero-order valence-electron chi connectivity index (χ0n) is 14.6. The van der Waals surface area contributed by atoms with Crippen LogP contribution in [0.3, 0.4) is 0 Å². The number of carbonyl (C=O) groups is 1. The van der Waals surface area contributed by atoms with Gasteiger partial charge in [0.1, 0.15) is 5.82 Å². The Kier molecular flexibility index (Phi) is 6.56. The topological polar surface area (TPSA) is 71.4 Å². The van der Waals surface area contributed by atoms with Gasteiger partial charge in [-0.05, 0) is 27.3 Å². The Morgan fingerprint density at radius 1 is 1.52 bits per heavy atom. The number of morpholine rings is 1. The van der Waals surface area contributed by atoms with Crippen LogP contribution in [0.4, 0.5) is 5.82 Å². The molecule has 1 amide bonds.